The number of carboxylic acids is 1. The summed E-state index contributed by atoms with van der Waals surface area (Å²) in [5, 5.41) is 8.64. The average Bonchev–Trinajstić information content (AvgIpc) is 2.27. The van der Waals surface area contributed by atoms with E-state index in [1.54, 1.807) is 7.11 Å². The van der Waals surface area contributed by atoms with Crippen molar-refractivity contribution in [2.24, 2.45) is 5.73 Å². The van der Waals surface area contributed by atoms with Crippen LogP contribution >= 0.6 is 0 Å². The lowest BCUT2D eigenvalue weighted by Gasteiger charge is -2.24. The van der Waals surface area contributed by atoms with Crippen molar-refractivity contribution in [2.75, 3.05) is 25.6 Å². The minimum absolute atomic E-state index is 0.0422. The third-order valence-corrected chi connectivity index (χ3v) is 2.44. The predicted molar refractivity (Wildman–Crippen MR) is 66.5 cm³/mol. The summed E-state index contributed by atoms with van der Waals surface area (Å²) in [7, 11) is 3.46. The fraction of sp³-hybridized carbons (Fsp3) is 0.417. The molecule has 0 aromatic heterocycles. The number of rotatable bonds is 6. The van der Waals surface area contributed by atoms with Crippen LogP contribution in [0.1, 0.15) is 6.42 Å². The predicted octanol–water partition coefficient (Wildman–Crippen LogP) is 0.933. The SMILES string of the molecule is COc1ccccc1N(C)CC(N)CC(=O)O. The zero-order chi connectivity index (χ0) is 12.8. The maximum absolute atomic E-state index is 10.5. The van der Waals surface area contributed by atoms with Gasteiger partial charge in [-0.25, -0.2) is 0 Å². The number of likely N-dealkylation sites (N-methyl/N-ethyl adjacent to an activating group) is 1. The van der Waals surface area contributed by atoms with Crippen molar-refractivity contribution in [1.29, 1.82) is 0 Å². The Balaban J connectivity index is 2.69. The Bertz CT molecular complexity index is 382. The van der Waals surface area contributed by atoms with Crippen LogP contribution in [0.5, 0.6) is 5.75 Å². The number of hydrogen-bond donors (Lipinski definition) is 2. The number of carboxylic acid groups (broad SMARTS) is 1. The number of nitrogens with two attached hydrogens (primary N) is 1. The number of benzene rings is 1. The highest BCUT2D eigenvalue weighted by Crippen LogP contribution is 2.26. The van der Waals surface area contributed by atoms with Crippen molar-refractivity contribution >= 4 is 11.7 Å². The van der Waals surface area contributed by atoms with Crippen LogP contribution in [0.4, 0.5) is 5.69 Å². The Morgan fingerprint density at radius 3 is 2.76 bits per heavy atom. The van der Waals surface area contributed by atoms with Gasteiger partial charge in [0.1, 0.15) is 5.75 Å². The Morgan fingerprint density at radius 1 is 1.53 bits per heavy atom. The quantitative estimate of drug-likeness (QED) is 0.771. The first-order valence-electron chi connectivity index (χ1n) is 5.36. The molecule has 0 fully saturated rings. The molecule has 0 spiro atoms. The van der Waals surface area contributed by atoms with E-state index in [2.05, 4.69) is 0 Å². The Labute approximate surface area is 101 Å². The van der Waals surface area contributed by atoms with Crippen LogP contribution < -0.4 is 15.4 Å². The Kier molecular flexibility index (Phi) is 4.78. The molecular formula is C12H18N2O3. The van der Waals surface area contributed by atoms with Gasteiger partial charge in [-0.05, 0) is 12.1 Å². The molecule has 5 nitrogen and oxygen atoms in total. The maximum atomic E-state index is 10.5. The molecule has 0 radical (unpaired) electrons. The number of methoxy groups -OCH3 is 1. The molecule has 5 heteroatoms. The van der Waals surface area contributed by atoms with Gasteiger partial charge in [-0.3, -0.25) is 4.79 Å². The maximum Gasteiger partial charge on any atom is 0.304 e. The van der Waals surface area contributed by atoms with E-state index >= 15 is 0 Å². The third-order valence-electron chi connectivity index (χ3n) is 2.44. The highest BCUT2D eigenvalue weighted by Gasteiger charge is 2.13. The van der Waals surface area contributed by atoms with Gasteiger partial charge in [0.2, 0.25) is 0 Å². The summed E-state index contributed by atoms with van der Waals surface area (Å²) in [6.07, 6.45) is -0.0422. The normalized spacial score (nSPS) is 11.9. The monoisotopic (exact) mass is 238 g/mol. The van der Waals surface area contributed by atoms with Crippen molar-refractivity contribution in [3.8, 4) is 5.75 Å². The van der Waals surface area contributed by atoms with E-state index in [0.717, 1.165) is 11.4 Å². The summed E-state index contributed by atoms with van der Waals surface area (Å²) in [5.74, 6) is -0.136. The van der Waals surface area contributed by atoms with Gasteiger partial charge in [0.15, 0.2) is 0 Å². The molecule has 0 aliphatic rings. The first-order valence-corrected chi connectivity index (χ1v) is 5.36. The van der Waals surface area contributed by atoms with E-state index in [1.165, 1.54) is 0 Å². The second-order valence-corrected chi connectivity index (χ2v) is 3.91. The van der Waals surface area contributed by atoms with Crippen LogP contribution in [0.2, 0.25) is 0 Å². The molecule has 94 valence electrons. The summed E-state index contributed by atoms with van der Waals surface area (Å²) in [6, 6.07) is 7.15. The van der Waals surface area contributed by atoms with E-state index in [9.17, 15) is 4.79 Å². The van der Waals surface area contributed by atoms with Gasteiger partial charge >= 0.3 is 5.97 Å². The molecule has 0 saturated carbocycles. The first-order chi connectivity index (χ1) is 8.04. The van der Waals surface area contributed by atoms with Gasteiger partial charge in [-0.1, -0.05) is 12.1 Å². The van der Waals surface area contributed by atoms with Crippen molar-refractivity contribution in [3.63, 3.8) is 0 Å². The first kappa shape index (κ1) is 13.3. The molecule has 0 heterocycles. The van der Waals surface area contributed by atoms with Gasteiger partial charge in [0.05, 0.1) is 19.2 Å². The number of ether oxygens (including phenoxy) is 1. The number of anilines is 1. The summed E-state index contributed by atoms with van der Waals surface area (Å²) in [5.41, 5.74) is 6.64. The van der Waals surface area contributed by atoms with Gasteiger partial charge in [0, 0.05) is 19.6 Å². The number of aliphatic carboxylic acids is 1. The van der Waals surface area contributed by atoms with Gasteiger partial charge in [-0.2, -0.15) is 0 Å². The van der Waals surface area contributed by atoms with Crippen LogP contribution in [-0.2, 0) is 4.79 Å². The lowest BCUT2D eigenvalue weighted by Crippen LogP contribution is -2.37. The molecule has 0 aliphatic heterocycles. The number of hydrogen-bond acceptors (Lipinski definition) is 4. The molecule has 0 bridgehead atoms. The average molecular weight is 238 g/mol. The van der Waals surface area contributed by atoms with Crippen molar-refractivity contribution in [1.82, 2.24) is 0 Å². The largest absolute Gasteiger partial charge is 0.495 e. The van der Waals surface area contributed by atoms with Crippen LogP contribution in [0.15, 0.2) is 24.3 Å². The lowest BCUT2D eigenvalue weighted by atomic mass is 10.2. The molecule has 0 aliphatic carbocycles. The molecule has 1 unspecified atom stereocenters. The number of para-hydroxylation sites is 2. The summed E-state index contributed by atoms with van der Waals surface area (Å²) in [6.45, 7) is 0.465. The topological polar surface area (TPSA) is 75.8 Å². The summed E-state index contributed by atoms with van der Waals surface area (Å²) in [4.78, 5) is 12.4. The second kappa shape index (κ2) is 6.10. The van der Waals surface area contributed by atoms with E-state index in [1.807, 2.05) is 36.2 Å². The zero-order valence-corrected chi connectivity index (χ0v) is 10.1. The lowest BCUT2D eigenvalue weighted by molar-refractivity contribution is -0.137. The fourth-order valence-corrected chi connectivity index (χ4v) is 1.68. The minimum atomic E-state index is -0.883. The fourth-order valence-electron chi connectivity index (χ4n) is 1.68. The van der Waals surface area contributed by atoms with Crippen molar-refractivity contribution in [2.45, 2.75) is 12.5 Å². The van der Waals surface area contributed by atoms with Gasteiger partial charge < -0.3 is 20.5 Å². The molecule has 1 aromatic carbocycles. The van der Waals surface area contributed by atoms with E-state index in [0.29, 0.717) is 6.54 Å². The Hall–Kier alpha value is -1.75. The molecule has 1 atom stereocenters. The van der Waals surface area contributed by atoms with Crippen LogP contribution in [0.3, 0.4) is 0 Å². The minimum Gasteiger partial charge on any atom is -0.495 e. The van der Waals surface area contributed by atoms with Crippen LogP contribution in [-0.4, -0.2) is 37.8 Å². The third kappa shape index (κ3) is 3.96. The molecule has 1 rings (SSSR count). The van der Waals surface area contributed by atoms with E-state index < -0.39 is 12.0 Å². The van der Waals surface area contributed by atoms with E-state index in [-0.39, 0.29) is 6.42 Å². The van der Waals surface area contributed by atoms with Gasteiger partial charge in [-0.15, -0.1) is 0 Å². The molecule has 1 aromatic rings. The highest BCUT2D eigenvalue weighted by molar-refractivity contribution is 5.67. The Morgan fingerprint density at radius 2 is 2.18 bits per heavy atom. The second-order valence-electron chi connectivity index (χ2n) is 3.91. The van der Waals surface area contributed by atoms with Crippen LogP contribution in [0, 0.1) is 0 Å². The number of nitrogens with zero attached hydrogens (tertiary/aromatic N) is 1. The molecule has 0 saturated heterocycles. The van der Waals surface area contributed by atoms with Gasteiger partial charge in [0.25, 0.3) is 0 Å². The summed E-state index contributed by atoms with van der Waals surface area (Å²) >= 11 is 0. The highest BCUT2D eigenvalue weighted by atomic mass is 16.5. The molecule has 3 N–H and O–H groups in total. The summed E-state index contributed by atoms with van der Waals surface area (Å²) < 4.78 is 5.23. The number of carbonyl (C=O) groups is 1. The molecule has 0 amide bonds. The smallest absolute Gasteiger partial charge is 0.304 e. The van der Waals surface area contributed by atoms with Crippen molar-refractivity contribution < 1.29 is 14.6 Å². The van der Waals surface area contributed by atoms with Crippen LogP contribution in [0.25, 0.3) is 0 Å². The molecule has 17 heavy (non-hydrogen) atoms. The molecular weight excluding hydrogens is 220 g/mol. The standard InChI is InChI=1S/C12H18N2O3/c1-14(8-9(13)7-12(15)16)10-5-3-4-6-11(10)17-2/h3-6,9H,7-8,13H2,1-2H3,(H,15,16). The zero-order valence-electron chi connectivity index (χ0n) is 10.1. The van der Waals surface area contributed by atoms with E-state index in [4.69, 9.17) is 15.6 Å². The van der Waals surface area contributed by atoms with Crippen molar-refractivity contribution in [3.05, 3.63) is 24.3 Å².